The van der Waals surface area contributed by atoms with Crippen molar-refractivity contribution in [2.75, 3.05) is 13.6 Å². The Labute approximate surface area is 93.3 Å². The molecule has 0 aliphatic carbocycles. The highest BCUT2D eigenvalue weighted by molar-refractivity contribution is 5.69. The van der Waals surface area contributed by atoms with Crippen molar-refractivity contribution >= 4 is 5.97 Å². The van der Waals surface area contributed by atoms with Gasteiger partial charge in [-0.3, -0.25) is 4.79 Å². The summed E-state index contributed by atoms with van der Waals surface area (Å²) in [6.45, 7) is 11.3. The Morgan fingerprint density at radius 1 is 1.27 bits per heavy atom. The van der Waals surface area contributed by atoms with E-state index in [9.17, 15) is 4.79 Å². The van der Waals surface area contributed by atoms with Crippen LogP contribution in [0.3, 0.4) is 0 Å². The van der Waals surface area contributed by atoms with Crippen molar-refractivity contribution in [3.8, 4) is 0 Å². The zero-order valence-electron chi connectivity index (χ0n) is 10.8. The first-order valence-electron chi connectivity index (χ1n) is 5.51. The Kier molecular flexibility index (Phi) is 4.78. The van der Waals surface area contributed by atoms with Gasteiger partial charge in [-0.1, -0.05) is 34.6 Å². The van der Waals surface area contributed by atoms with Crippen LogP contribution in [0.25, 0.3) is 0 Å². The molecule has 0 radical (unpaired) electrons. The van der Waals surface area contributed by atoms with Gasteiger partial charge in [0, 0.05) is 6.54 Å². The van der Waals surface area contributed by atoms with Crippen LogP contribution in [0.2, 0.25) is 0 Å². The van der Waals surface area contributed by atoms with Crippen LogP contribution < -0.4 is 5.32 Å². The smallest absolute Gasteiger partial charge is 0.306 e. The summed E-state index contributed by atoms with van der Waals surface area (Å²) in [6.07, 6.45) is 0.705. The minimum Gasteiger partial charge on any atom is -0.481 e. The standard InChI is InChI=1S/C12H25NO2/c1-9(10(14)15)7-11(2,3)12(4,5)8-13-6/h9,13H,7-8H2,1-6H3,(H,14,15). The van der Waals surface area contributed by atoms with Crippen molar-refractivity contribution in [2.24, 2.45) is 16.7 Å². The highest BCUT2D eigenvalue weighted by atomic mass is 16.4. The molecule has 3 nitrogen and oxygen atoms in total. The van der Waals surface area contributed by atoms with Gasteiger partial charge >= 0.3 is 5.97 Å². The van der Waals surface area contributed by atoms with E-state index in [1.807, 2.05) is 7.05 Å². The molecule has 0 amide bonds. The number of carboxylic acid groups (broad SMARTS) is 1. The molecule has 0 fully saturated rings. The minimum atomic E-state index is -0.705. The number of hydrogen-bond donors (Lipinski definition) is 2. The van der Waals surface area contributed by atoms with Gasteiger partial charge in [-0.15, -0.1) is 0 Å². The number of carbonyl (C=O) groups is 1. The monoisotopic (exact) mass is 215 g/mol. The summed E-state index contributed by atoms with van der Waals surface area (Å²) in [4.78, 5) is 10.8. The molecule has 2 N–H and O–H groups in total. The molecule has 0 spiro atoms. The number of hydrogen-bond acceptors (Lipinski definition) is 2. The fraction of sp³-hybridized carbons (Fsp3) is 0.917. The van der Waals surface area contributed by atoms with E-state index in [1.165, 1.54) is 0 Å². The van der Waals surface area contributed by atoms with Crippen molar-refractivity contribution in [3.63, 3.8) is 0 Å². The van der Waals surface area contributed by atoms with Gasteiger partial charge in [0.15, 0.2) is 0 Å². The second kappa shape index (κ2) is 4.97. The summed E-state index contributed by atoms with van der Waals surface area (Å²) >= 11 is 0. The van der Waals surface area contributed by atoms with Crippen LogP contribution >= 0.6 is 0 Å². The average Bonchev–Trinajstić information content (AvgIpc) is 2.02. The first-order chi connectivity index (χ1) is 6.64. The van der Waals surface area contributed by atoms with E-state index < -0.39 is 5.97 Å². The Bertz CT molecular complexity index is 222. The van der Waals surface area contributed by atoms with Crippen LogP contribution in [-0.2, 0) is 4.79 Å². The maximum absolute atomic E-state index is 10.8. The predicted molar refractivity (Wildman–Crippen MR) is 62.9 cm³/mol. The van der Waals surface area contributed by atoms with Crippen molar-refractivity contribution in [2.45, 2.75) is 41.0 Å². The maximum Gasteiger partial charge on any atom is 0.306 e. The quantitative estimate of drug-likeness (QED) is 0.715. The molecule has 3 heteroatoms. The van der Waals surface area contributed by atoms with Gasteiger partial charge in [-0.2, -0.15) is 0 Å². The third kappa shape index (κ3) is 3.82. The Morgan fingerprint density at radius 2 is 1.73 bits per heavy atom. The highest BCUT2D eigenvalue weighted by Gasteiger charge is 2.38. The summed E-state index contributed by atoms with van der Waals surface area (Å²) in [6, 6.07) is 0. The summed E-state index contributed by atoms with van der Waals surface area (Å²) in [5.41, 5.74) is 0.0965. The van der Waals surface area contributed by atoms with Crippen LogP contribution in [0.5, 0.6) is 0 Å². The molecule has 0 heterocycles. The van der Waals surface area contributed by atoms with E-state index in [0.29, 0.717) is 6.42 Å². The third-order valence-corrected chi connectivity index (χ3v) is 3.69. The lowest BCUT2D eigenvalue weighted by molar-refractivity contribution is -0.142. The van der Waals surface area contributed by atoms with E-state index in [4.69, 9.17) is 5.11 Å². The lowest BCUT2D eigenvalue weighted by Gasteiger charge is -2.42. The Balaban J connectivity index is 4.59. The van der Waals surface area contributed by atoms with Gasteiger partial charge < -0.3 is 10.4 Å². The largest absolute Gasteiger partial charge is 0.481 e. The van der Waals surface area contributed by atoms with Crippen molar-refractivity contribution < 1.29 is 9.90 Å². The molecule has 1 unspecified atom stereocenters. The van der Waals surface area contributed by atoms with Crippen LogP contribution in [0, 0.1) is 16.7 Å². The summed E-state index contributed by atoms with van der Waals surface area (Å²) in [7, 11) is 1.93. The molecule has 0 saturated heterocycles. The van der Waals surface area contributed by atoms with Gasteiger partial charge in [0.25, 0.3) is 0 Å². The van der Waals surface area contributed by atoms with E-state index in [0.717, 1.165) is 6.54 Å². The van der Waals surface area contributed by atoms with E-state index in [2.05, 4.69) is 33.0 Å². The van der Waals surface area contributed by atoms with Crippen LogP contribution in [0.4, 0.5) is 0 Å². The Hall–Kier alpha value is -0.570. The molecule has 0 rings (SSSR count). The molecule has 0 aromatic heterocycles. The average molecular weight is 215 g/mol. The van der Waals surface area contributed by atoms with Gasteiger partial charge in [-0.05, 0) is 24.3 Å². The molecule has 0 aromatic rings. The first-order valence-corrected chi connectivity index (χ1v) is 5.51. The molecule has 0 saturated carbocycles. The fourth-order valence-electron chi connectivity index (χ4n) is 1.81. The van der Waals surface area contributed by atoms with Crippen LogP contribution in [0.15, 0.2) is 0 Å². The fourth-order valence-corrected chi connectivity index (χ4v) is 1.81. The zero-order chi connectivity index (χ0) is 12.3. The normalized spacial score (nSPS) is 15.1. The van der Waals surface area contributed by atoms with Crippen LogP contribution in [-0.4, -0.2) is 24.7 Å². The van der Waals surface area contributed by atoms with E-state index >= 15 is 0 Å². The van der Waals surface area contributed by atoms with Crippen LogP contribution in [0.1, 0.15) is 41.0 Å². The molecule has 0 bridgehead atoms. The third-order valence-electron chi connectivity index (χ3n) is 3.69. The second-order valence-electron chi connectivity index (χ2n) is 5.74. The van der Waals surface area contributed by atoms with E-state index in [1.54, 1.807) is 6.92 Å². The van der Waals surface area contributed by atoms with Crippen molar-refractivity contribution in [1.29, 1.82) is 0 Å². The van der Waals surface area contributed by atoms with E-state index in [-0.39, 0.29) is 16.7 Å². The second-order valence-corrected chi connectivity index (χ2v) is 5.74. The predicted octanol–water partition coefficient (Wildman–Crippen LogP) is 2.37. The molecular formula is C12H25NO2. The first kappa shape index (κ1) is 14.4. The van der Waals surface area contributed by atoms with Gasteiger partial charge in [-0.25, -0.2) is 0 Å². The molecule has 90 valence electrons. The number of rotatable bonds is 6. The number of carboxylic acids is 1. The molecule has 15 heavy (non-hydrogen) atoms. The SMILES string of the molecule is CNCC(C)(C)C(C)(C)CC(C)C(=O)O. The lowest BCUT2D eigenvalue weighted by atomic mass is 9.64. The maximum atomic E-state index is 10.8. The molecular weight excluding hydrogens is 190 g/mol. The van der Waals surface area contributed by atoms with Gasteiger partial charge in [0.05, 0.1) is 5.92 Å². The number of aliphatic carboxylic acids is 1. The minimum absolute atomic E-state index is 0.00775. The van der Waals surface area contributed by atoms with Gasteiger partial charge in [0.1, 0.15) is 0 Å². The van der Waals surface area contributed by atoms with Gasteiger partial charge in [0.2, 0.25) is 0 Å². The molecule has 0 aliphatic heterocycles. The zero-order valence-corrected chi connectivity index (χ0v) is 10.8. The summed E-state index contributed by atoms with van der Waals surface area (Å²) < 4.78 is 0. The summed E-state index contributed by atoms with van der Waals surface area (Å²) in [5, 5.41) is 12.1. The highest BCUT2D eigenvalue weighted by Crippen LogP contribution is 2.42. The van der Waals surface area contributed by atoms with Crippen molar-refractivity contribution in [1.82, 2.24) is 5.32 Å². The summed E-state index contributed by atoms with van der Waals surface area (Å²) in [5.74, 6) is -0.987. The Morgan fingerprint density at radius 3 is 2.07 bits per heavy atom. The molecule has 0 aliphatic rings. The molecule has 1 atom stereocenters. The lowest BCUT2D eigenvalue weighted by Crippen LogP contribution is -2.41. The topological polar surface area (TPSA) is 49.3 Å². The number of nitrogens with one attached hydrogen (secondary N) is 1. The van der Waals surface area contributed by atoms with Crippen molar-refractivity contribution in [3.05, 3.63) is 0 Å². The molecule has 0 aromatic carbocycles.